The summed E-state index contributed by atoms with van der Waals surface area (Å²) < 4.78 is 0. The molecule has 1 amide bonds. The number of nitrogens with zero attached hydrogens (tertiary/aromatic N) is 2. The fourth-order valence-corrected chi connectivity index (χ4v) is 2.23. The van der Waals surface area contributed by atoms with Gasteiger partial charge in [0.05, 0.1) is 16.5 Å². The lowest BCUT2D eigenvalue weighted by Crippen LogP contribution is -2.14. The summed E-state index contributed by atoms with van der Waals surface area (Å²) in [4.78, 5) is 20.1. The Hall–Kier alpha value is -1.59. The van der Waals surface area contributed by atoms with E-state index in [0.29, 0.717) is 15.9 Å². The summed E-state index contributed by atoms with van der Waals surface area (Å²) in [7, 11) is 0. The Labute approximate surface area is 120 Å². The van der Waals surface area contributed by atoms with Crippen molar-refractivity contribution in [3.8, 4) is 0 Å². The molecule has 2 rings (SSSR count). The Kier molecular flexibility index (Phi) is 4.76. The van der Waals surface area contributed by atoms with Crippen LogP contribution in [0.15, 0.2) is 41.7 Å². The fourth-order valence-electron chi connectivity index (χ4n) is 1.37. The predicted molar refractivity (Wildman–Crippen MR) is 77.6 cm³/mol. The predicted octanol–water partition coefficient (Wildman–Crippen LogP) is 3.17. The maximum Gasteiger partial charge on any atom is 0.234 e. The van der Waals surface area contributed by atoms with Crippen molar-refractivity contribution in [3.05, 3.63) is 47.2 Å². The highest BCUT2D eigenvalue weighted by molar-refractivity contribution is 7.99. The van der Waals surface area contributed by atoms with Crippen molar-refractivity contribution in [2.24, 2.45) is 0 Å². The van der Waals surface area contributed by atoms with Gasteiger partial charge in [0.15, 0.2) is 5.16 Å². The van der Waals surface area contributed by atoms with Gasteiger partial charge in [-0.2, -0.15) is 0 Å². The van der Waals surface area contributed by atoms with Crippen molar-refractivity contribution < 1.29 is 4.79 Å². The zero-order valence-corrected chi connectivity index (χ0v) is 11.8. The Bertz CT molecular complexity index is 592. The molecule has 0 aliphatic rings. The maximum absolute atomic E-state index is 11.8. The highest BCUT2D eigenvalue weighted by Crippen LogP contribution is 2.21. The molecule has 0 saturated heterocycles. The summed E-state index contributed by atoms with van der Waals surface area (Å²) in [5, 5.41) is 3.86. The van der Waals surface area contributed by atoms with Gasteiger partial charge in [0, 0.05) is 11.9 Å². The Morgan fingerprint density at radius 2 is 2.16 bits per heavy atom. The molecule has 1 N–H and O–H groups in total. The number of halogens is 1. The van der Waals surface area contributed by atoms with Crippen LogP contribution in [-0.4, -0.2) is 21.6 Å². The summed E-state index contributed by atoms with van der Waals surface area (Å²) in [5.74, 6) is 0.109. The number of benzene rings is 1. The van der Waals surface area contributed by atoms with E-state index in [1.807, 2.05) is 25.1 Å². The summed E-state index contributed by atoms with van der Waals surface area (Å²) in [6, 6.07) is 8.93. The smallest absolute Gasteiger partial charge is 0.234 e. The van der Waals surface area contributed by atoms with Gasteiger partial charge in [-0.1, -0.05) is 35.5 Å². The topological polar surface area (TPSA) is 54.9 Å². The largest absolute Gasteiger partial charge is 0.324 e. The van der Waals surface area contributed by atoms with E-state index < -0.39 is 0 Å². The number of carbonyl (C=O) groups excluding carboxylic acids is 1. The maximum atomic E-state index is 11.8. The van der Waals surface area contributed by atoms with Crippen LogP contribution in [0.2, 0.25) is 5.02 Å². The van der Waals surface area contributed by atoms with E-state index in [9.17, 15) is 4.79 Å². The molecule has 0 atom stereocenters. The van der Waals surface area contributed by atoms with Crippen molar-refractivity contribution in [1.82, 2.24) is 9.97 Å². The lowest BCUT2D eigenvalue weighted by atomic mass is 10.3. The minimum atomic E-state index is -0.136. The second-order valence-electron chi connectivity index (χ2n) is 3.80. The highest BCUT2D eigenvalue weighted by Gasteiger charge is 2.07. The van der Waals surface area contributed by atoms with Crippen molar-refractivity contribution in [1.29, 1.82) is 0 Å². The molecule has 2 aromatic rings. The van der Waals surface area contributed by atoms with E-state index in [0.717, 1.165) is 5.69 Å². The number of aromatic nitrogens is 2. The molecule has 98 valence electrons. The van der Waals surface area contributed by atoms with Crippen LogP contribution in [0.1, 0.15) is 5.69 Å². The van der Waals surface area contributed by atoms with E-state index in [1.54, 1.807) is 18.3 Å². The lowest BCUT2D eigenvalue weighted by molar-refractivity contribution is -0.113. The molecule has 1 aromatic heterocycles. The second-order valence-corrected chi connectivity index (χ2v) is 5.15. The van der Waals surface area contributed by atoms with Gasteiger partial charge in [-0.3, -0.25) is 4.79 Å². The quantitative estimate of drug-likeness (QED) is 0.695. The third-order valence-electron chi connectivity index (χ3n) is 2.25. The average Bonchev–Trinajstić information content (AvgIpc) is 2.39. The molecule has 0 aliphatic heterocycles. The minimum Gasteiger partial charge on any atom is -0.324 e. The van der Waals surface area contributed by atoms with Crippen LogP contribution in [-0.2, 0) is 4.79 Å². The molecule has 1 heterocycles. The first kappa shape index (κ1) is 13.8. The third kappa shape index (κ3) is 4.22. The zero-order chi connectivity index (χ0) is 13.7. The number of aryl methyl sites for hydroxylation is 1. The highest BCUT2D eigenvalue weighted by atomic mass is 35.5. The number of rotatable bonds is 4. The van der Waals surface area contributed by atoms with E-state index in [4.69, 9.17) is 11.6 Å². The molecule has 0 fully saturated rings. The molecular formula is C13H12ClN3OS. The van der Waals surface area contributed by atoms with Crippen LogP contribution < -0.4 is 5.32 Å². The van der Waals surface area contributed by atoms with Crippen LogP contribution in [0.25, 0.3) is 0 Å². The summed E-state index contributed by atoms with van der Waals surface area (Å²) in [6.07, 6.45) is 1.68. The molecule has 0 spiro atoms. The van der Waals surface area contributed by atoms with Crippen LogP contribution in [0, 0.1) is 6.92 Å². The van der Waals surface area contributed by atoms with E-state index in [1.165, 1.54) is 11.8 Å². The number of anilines is 1. The van der Waals surface area contributed by atoms with E-state index >= 15 is 0 Å². The Morgan fingerprint density at radius 1 is 1.37 bits per heavy atom. The van der Waals surface area contributed by atoms with Gasteiger partial charge in [-0.15, -0.1) is 0 Å². The van der Waals surface area contributed by atoms with E-state index in [2.05, 4.69) is 15.3 Å². The zero-order valence-electron chi connectivity index (χ0n) is 10.3. The molecule has 0 aliphatic carbocycles. The Balaban J connectivity index is 1.90. The molecular weight excluding hydrogens is 282 g/mol. The van der Waals surface area contributed by atoms with Crippen molar-refractivity contribution in [2.45, 2.75) is 12.1 Å². The van der Waals surface area contributed by atoms with Crippen LogP contribution >= 0.6 is 23.4 Å². The van der Waals surface area contributed by atoms with Gasteiger partial charge in [-0.05, 0) is 25.1 Å². The normalized spacial score (nSPS) is 10.2. The number of amides is 1. The first-order valence-electron chi connectivity index (χ1n) is 5.62. The lowest BCUT2D eigenvalue weighted by Gasteiger charge is -2.06. The first-order valence-corrected chi connectivity index (χ1v) is 6.98. The number of thioether (sulfide) groups is 1. The Morgan fingerprint density at radius 3 is 2.89 bits per heavy atom. The van der Waals surface area contributed by atoms with Crippen molar-refractivity contribution in [3.63, 3.8) is 0 Å². The number of hydrogen-bond donors (Lipinski definition) is 1. The van der Waals surface area contributed by atoms with Crippen LogP contribution in [0.3, 0.4) is 0 Å². The number of nitrogens with one attached hydrogen (secondary N) is 1. The number of hydrogen-bond acceptors (Lipinski definition) is 4. The molecule has 6 heteroatoms. The SMILES string of the molecule is Cc1ccnc(SCC(=O)Nc2ccccc2Cl)n1. The molecule has 0 unspecified atom stereocenters. The summed E-state index contributed by atoms with van der Waals surface area (Å²) >= 11 is 7.25. The third-order valence-corrected chi connectivity index (χ3v) is 3.44. The van der Waals surface area contributed by atoms with Crippen molar-refractivity contribution >= 4 is 35.0 Å². The van der Waals surface area contributed by atoms with Crippen molar-refractivity contribution in [2.75, 3.05) is 11.1 Å². The first-order chi connectivity index (χ1) is 9.15. The van der Waals surface area contributed by atoms with E-state index in [-0.39, 0.29) is 11.7 Å². The summed E-state index contributed by atoms with van der Waals surface area (Å²) in [6.45, 7) is 1.88. The summed E-state index contributed by atoms with van der Waals surface area (Å²) in [5.41, 5.74) is 1.49. The molecule has 19 heavy (non-hydrogen) atoms. The van der Waals surface area contributed by atoms with Crippen LogP contribution in [0.4, 0.5) is 5.69 Å². The van der Waals surface area contributed by atoms with Gasteiger partial charge in [-0.25, -0.2) is 9.97 Å². The number of carbonyl (C=O) groups is 1. The monoisotopic (exact) mass is 293 g/mol. The van der Waals surface area contributed by atoms with Gasteiger partial charge < -0.3 is 5.32 Å². The van der Waals surface area contributed by atoms with Crippen LogP contribution in [0.5, 0.6) is 0 Å². The van der Waals surface area contributed by atoms with Gasteiger partial charge in [0.1, 0.15) is 0 Å². The fraction of sp³-hybridized carbons (Fsp3) is 0.154. The van der Waals surface area contributed by atoms with Gasteiger partial charge in [0.2, 0.25) is 5.91 Å². The molecule has 4 nitrogen and oxygen atoms in total. The minimum absolute atomic E-state index is 0.136. The molecule has 1 aromatic carbocycles. The van der Waals surface area contributed by atoms with Gasteiger partial charge in [0.25, 0.3) is 0 Å². The molecule has 0 radical (unpaired) electrons. The molecule has 0 saturated carbocycles. The average molecular weight is 294 g/mol. The van der Waals surface area contributed by atoms with Gasteiger partial charge >= 0.3 is 0 Å². The number of para-hydroxylation sites is 1. The molecule has 0 bridgehead atoms. The standard InChI is InChI=1S/C13H12ClN3OS/c1-9-6-7-15-13(16-9)19-8-12(18)17-11-5-3-2-4-10(11)14/h2-7H,8H2,1H3,(H,17,18). The second kappa shape index (κ2) is 6.54.